The van der Waals surface area contributed by atoms with Gasteiger partial charge in [0.2, 0.25) is 0 Å². The van der Waals surface area contributed by atoms with E-state index in [-0.39, 0.29) is 5.91 Å². The van der Waals surface area contributed by atoms with Gasteiger partial charge in [-0.15, -0.1) is 11.3 Å². The topological polar surface area (TPSA) is 73.4 Å². The summed E-state index contributed by atoms with van der Waals surface area (Å²) >= 11 is 1.42. The van der Waals surface area contributed by atoms with Crippen LogP contribution in [0, 0.1) is 6.92 Å². The van der Waals surface area contributed by atoms with Crippen LogP contribution in [-0.4, -0.2) is 75.3 Å². The van der Waals surface area contributed by atoms with Gasteiger partial charge in [-0.1, -0.05) is 0 Å². The molecule has 186 valence electrons. The average molecular weight is 498 g/mol. The number of benzene rings is 2. The van der Waals surface area contributed by atoms with Gasteiger partial charge in [0, 0.05) is 43.9 Å². The molecule has 1 amide bonds. The second-order valence-corrected chi connectivity index (χ2v) is 9.25. The van der Waals surface area contributed by atoms with Crippen molar-refractivity contribution in [2.45, 2.75) is 13.5 Å². The Labute approximate surface area is 210 Å². The zero-order chi connectivity index (χ0) is 24.9. The second kappa shape index (κ2) is 11.0. The van der Waals surface area contributed by atoms with Gasteiger partial charge in [0.25, 0.3) is 5.91 Å². The standard InChI is InChI=1S/C26H31N3O5S/c1-17-24(35-25(27-17)18-6-8-22(33-4)23(15-18)34-5)26(30)29-12-10-28(11-13-29)16-19-14-20(31-2)7-9-21(19)32-3/h6-9,14-15H,10-13,16H2,1-5H3. The van der Waals surface area contributed by atoms with Gasteiger partial charge in [-0.2, -0.15) is 0 Å². The number of hydrogen-bond donors (Lipinski definition) is 0. The number of hydrogen-bond acceptors (Lipinski definition) is 8. The van der Waals surface area contributed by atoms with Crippen molar-refractivity contribution in [3.05, 3.63) is 52.5 Å². The maximum absolute atomic E-state index is 13.3. The summed E-state index contributed by atoms with van der Waals surface area (Å²) in [4.78, 5) is 22.9. The first-order chi connectivity index (χ1) is 17.0. The van der Waals surface area contributed by atoms with Crippen LogP contribution in [0.2, 0.25) is 0 Å². The molecule has 0 N–H and O–H groups in total. The van der Waals surface area contributed by atoms with Crippen molar-refractivity contribution >= 4 is 17.2 Å². The molecule has 35 heavy (non-hydrogen) atoms. The third-order valence-electron chi connectivity index (χ3n) is 6.16. The Balaban J connectivity index is 1.43. The van der Waals surface area contributed by atoms with E-state index in [2.05, 4.69) is 9.88 Å². The Morgan fingerprint density at radius 1 is 0.886 bits per heavy atom. The molecule has 1 aromatic heterocycles. The SMILES string of the molecule is COc1ccc(OC)c(CN2CCN(C(=O)c3sc(-c4ccc(OC)c(OC)c4)nc3C)CC2)c1. The zero-order valence-corrected chi connectivity index (χ0v) is 21.6. The fourth-order valence-electron chi connectivity index (χ4n) is 4.19. The van der Waals surface area contributed by atoms with Gasteiger partial charge in [0.05, 0.1) is 34.1 Å². The van der Waals surface area contributed by atoms with E-state index in [1.54, 1.807) is 28.4 Å². The van der Waals surface area contributed by atoms with E-state index in [0.29, 0.717) is 29.5 Å². The Morgan fingerprint density at radius 2 is 1.57 bits per heavy atom. The van der Waals surface area contributed by atoms with Crippen LogP contribution in [0.4, 0.5) is 0 Å². The highest BCUT2D eigenvalue weighted by molar-refractivity contribution is 7.17. The van der Waals surface area contributed by atoms with Crippen molar-refractivity contribution in [3.63, 3.8) is 0 Å². The summed E-state index contributed by atoms with van der Waals surface area (Å²) in [5, 5.41) is 0.788. The minimum Gasteiger partial charge on any atom is -0.497 e. The van der Waals surface area contributed by atoms with Gasteiger partial charge in [0.1, 0.15) is 21.4 Å². The number of carbonyl (C=O) groups is 1. The molecule has 2 heterocycles. The molecule has 9 heteroatoms. The number of methoxy groups -OCH3 is 4. The molecular weight excluding hydrogens is 466 g/mol. The predicted octanol–water partition coefficient (Wildman–Crippen LogP) is 4.11. The summed E-state index contributed by atoms with van der Waals surface area (Å²) in [6.07, 6.45) is 0. The normalized spacial score (nSPS) is 14.0. The third-order valence-corrected chi connectivity index (χ3v) is 7.36. The summed E-state index contributed by atoms with van der Waals surface area (Å²) in [5.74, 6) is 2.97. The maximum atomic E-state index is 13.3. The van der Waals surface area contributed by atoms with Crippen LogP contribution in [-0.2, 0) is 6.54 Å². The fourth-order valence-corrected chi connectivity index (χ4v) is 5.22. The molecule has 8 nitrogen and oxygen atoms in total. The largest absolute Gasteiger partial charge is 0.497 e. The van der Waals surface area contributed by atoms with Crippen molar-refractivity contribution < 1.29 is 23.7 Å². The van der Waals surface area contributed by atoms with E-state index in [1.807, 2.05) is 48.2 Å². The van der Waals surface area contributed by atoms with Gasteiger partial charge >= 0.3 is 0 Å². The summed E-state index contributed by atoms with van der Waals surface area (Å²) in [6.45, 7) is 5.52. The van der Waals surface area contributed by atoms with Crippen molar-refractivity contribution in [2.24, 2.45) is 0 Å². The molecule has 4 rings (SSSR count). The molecule has 0 atom stereocenters. The molecule has 0 spiro atoms. The Hall–Kier alpha value is -3.30. The van der Waals surface area contributed by atoms with Crippen LogP contribution < -0.4 is 18.9 Å². The van der Waals surface area contributed by atoms with Crippen molar-refractivity contribution in [1.29, 1.82) is 0 Å². The number of carbonyl (C=O) groups excluding carboxylic acids is 1. The second-order valence-electron chi connectivity index (χ2n) is 8.25. The number of thiazole rings is 1. The number of piperazine rings is 1. The lowest BCUT2D eigenvalue weighted by atomic mass is 10.1. The highest BCUT2D eigenvalue weighted by Crippen LogP contribution is 2.35. The summed E-state index contributed by atoms with van der Waals surface area (Å²) in [5.41, 5.74) is 2.71. The number of aryl methyl sites for hydroxylation is 1. The van der Waals surface area contributed by atoms with E-state index in [1.165, 1.54) is 11.3 Å². The maximum Gasteiger partial charge on any atom is 0.265 e. The van der Waals surface area contributed by atoms with Crippen LogP contribution in [0.25, 0.3) is 10.6 Å². The molecule has 1 aliphatic heterocycles. The summed E-state index contributed by atoms with van der Waals surface area (Å²) < 4.78 is 21.6. The first-order valence-corrected chi connectivity index (χ1v) is 12.2. The van der Waals surface area contributed by atoms with Crippen LogP contribution in [0.1, 0.15) is 20.9 Å². The minimum absolute atomic E-state index is 0.0327. The predicted molar refractivity (Wildman–Crippen MR) is 136 cm³/mol. The van der Waals surface area contributed by atoms with Crippen molar-refractivity contribution in [2.75, 3.05) is 54.6 Å². The molecule has 2 aromatic carbocycles. The Bertz CT molecular complexity index is 1190. The Kier molecular flexibility index (Phi) is 7.77. The molecule has 0 saturated carbocycles. The van der Waals surface area contributed by atoms with E-state index in [4.69, 9.17) is 18.9 Å². The molecule has 0 unspecified atom stereocenters. The highest BCUT2D eigenvalue weighted by atomic mass is 32.1. The Morgan fingerprint density at radius 3 is 2.23 bits per heavy atom. The van der Waals surface area contributed by atoms with E-state index < -0.39 is 0 Å². The van der Waals surface area contributed by atoms with Gasteiger partial charge in [0.15, 0.2) is 11.5 Å². The number of nitrogens with zero attached hydrogens (tertiary/aromatic N) is 3. The number of amides is 1. The molecule has 1 aliphatic rings. The highest BCUT2D eigenvalue weighted by Gasteiger charge is 2.26. The molecule has 0 aliphatic carbocycles. The lowest BCUT2D eigenvalue weighted by molar-refractivity contribution is 0.0631. The number of ether oxygens (including phenoxy) is 4. The third kappa shape index (κ3) is 5.36. The molecular formula is C26H31N3O5S. The van der Waals surface area contributed by atoms with Gasteiger partial charge < -0.3 is 23.8 Å². The van der Waals surface area contributed by atoms with Crippen LogP contribution in [0.3, 0.4) is 0 Å². The fraction of sp³-hybridized carbons (Fsp3) is 0.385. The number of rotatable bonds is 8. The molecule has 0 radical (unpaired) electrons. The van der Waals surface area contributed by atoms with Crippen molar-refractivity contribution in [3.8, 4) is 33.6 Å². The minimum atomic E-state index is 0.0327. The van der Waals surface area contributed by atoms with E-state index in [0.717, 1.165) is 53.0 Å². The van der Waals surface area contributed by atoms with Crippen LogP contribution in [0.15, 0.2) is 36.4 Å². The molecule has 1 fully saturated rings. The zero-order valence-electron chi connectivity index (χ0n) is 20.8. The first-order valence-electron chi connectivity index (χ1n) is 11.4. The monoisotopic (exact) mass is 497 g/mol. The average Bonchev–Trinajstić information content (AvgIpc) is 3.29. The van der Waals surface area contributed by atoms with Crippen molar-refractivity contribution in [1.82, 2.24) is 14.8 Å². The molecule has 3 aromatic rings. The smallest absolute Gasteiger partial charge is 0.265 e. The molecule has 1 saturated heterocycles. The van der Waals surface area contributed by atoms with Gasteiger partial charge in [-0.05, 0) is 43.3 Å². The lowest BCUT2D eigenvalue weighted by Crippen LogP contribution is -2.48. The summed E-state index contributed by atoms with van der Waals surface area (Å²) in [6, 6.07) is 11.5. The van der Waals surface area contributed by atoms with Crippen LogP contribution in [0.5, 0.6) is 23.0 Å². The first kappa shape index (κ1) is 24.8. The van der Waals surface area contributed by atoms with E-state index >= 15 is 0 Å². The van der Waals surface area contributed by atoms with Crippen LogP contribution >= 0.6 is 11.3 Å². The van der Waals surface area contributed by atoms with Gasteiger partial charge in [-0.3, -0.25) is 9.69 Å². The lowest BCUT2D eigenvalue weighted by Gasteiger charge is -2.34. The summed E-state index contributed by atoms with van der Waals surface area (Å²) in [7, 11) is 6.55. The molecule has 0 bridgehead atoms. The number of aromatic nitrogens is 1. The van der Waals surface area contributed by atoms with E-state index in [9.17, 15) is 4.79 Å². The quantitative estimate of drug-likeness (QED) is 0.464. The van der Waals surface area contributed by atoms with Gasteiger partial charge in [-0.25, -0.2) is 4.98 Å².